The van der Waals surface area contributed by atoms with Crippen LogP contribution in [0.15, 0.2) is 18.2 Å². The first-order valence-electron chi connectivity index (χ1n) is 6.74. The first kappa shape index (κ1) is 12.9. The molecule has 1 spiro atoms. The molecule has 0 N–H and O–H groups in total. The Labute approximate surface area is 119 Å². The molecule has 2 aliphatic rings. The highest BCUT2D eigenvalue weighted by molar-refractivity contribution is 7.80. The molecule has 3 rings (SSSR count). The van der Waals surface area contributed by atoms with Crippen LogP contribution in [-0.2, 0) is 16.8 Å². The van der Waals surface area contributed by atoms with E-state index in [1.54, 1.807) is 7.11 Å². The maximum Gasteiger partial charge on any atom is 0.223 e. The lowest BCUT2D eigenvalue weighted by molar-refractivity contribution is -0.132. The molecule has 0 unspecified atom stereocenters. The summed E-state index contributed by atoms with van der Waals surface area (Å²) in [6.45, 7) is 1.59. The van der Waals surface area contributed by atoms with Gasteiger partial charge < -0.3 is 9.64 Å². The van der Waals surface area contributed by atoms with Crippen LogP contribution in [-0.4, -0.2) is 30.2 Å². The zero-order valence-corrected chi connectivity index (χ0v) is 12.1. The number of benzene rings is 1. The second kappa shape index (κ2) is 4.75. The molecule has 19 heavy (non-hydrogen) atoms. The summed E-state index contributed by atoms with van der Waals surface area (Å²) in [7, 11) is 1.70. The number of amides is 1. The van der Waals surface area contributed by atoms with Crippen LogP contribution in [0.5, 0.6) is 5.75 Å². The van der Waals surface area contributed by atoms with Crippen LogP contribution < -0.4 is 4.74 Å². The molecule has 0 aromatic heterocycles. The third kappa shape index (κ3) is 2.22. The lowest BCUT2D eigenvalue weighted by Crippen LogP contribution is -2.41. The Morgan fingerprint density at radius 2 is 2.26 bits per heavy atom. The maximum atomic E-state index is 12.1. The third-order valence-corrected chi connectivity index (χ3v) is 4.50. The summed E-state index contributed by atoms with van der Waals surface area (Å²) >= 11 is 4.16. The second-order valence-corrected chi connectivity index (χ2v) is 5.97. The van der Waals surface area contributed by atoms with Crippen LogP contribution in [0.25, 0.3) is 0 Å². The average Bonchev–Trinajstić information content (AvgIpc) is 3.19. The fraction of sp³-hybridized carbons (Fsp3) is 0.533. The lowest BCUT2D eigenvalue weighted by atomic mass is 9.86. The van der Waals surface area contributed by atoms with Crippen LogP contribution in [0.2, 0.25) is 0 Å². The summed E-state index contributed by atoms with van der Waals surface area (Å²) in [6.07, 6.45) is 2.89. The number of carbonyl (C=O) groups is 1. The van der Waals surface area contributed by atoms with Crippen molar-refractivity contribution in [2.24, 2.45) is 0 Å². The van der Waals surface area contributed by atoms with E-state index < -0.39 is 0 Å². The van der Waals surface area contributed by atoms with E-state index in [1.807, 2.05) is 11.0 Å². The fourth-order valence-electron chi connectivity index (χ4n) is 3.03. The van der Waals surface area contributed by atoms with Gasteiger partial charge >= 0.3 is 0 Å². The summed E-state index contributed by atoms with van der Waals surface area (Å²) in [5, 5.41) is 0. The monoisotopic (exact) mass is 277 g/mol. The van der Waals surface area contributed by atoms with E-state index in [2.05, 4.69) is 24.8 Å². The lowest BCUT2D eigenvalue weighted by Gasteiger charge is -2.35. The number of thiol groups is 1. The number of fused-ring (bicyclic) bond motifs is 2. The summed E-state index contributed by atoms with van der Waals surface area (Å²) < 4.78 is 5.32. The van der Waals surface area contributed by atoms with Crippen molar-refractivity contribution >= 4 is 18.5 Å². The first-order valence-corrected chi connectivity index (χ1v) is 7.38. The van der Waals surface area contributed by atoms with E-state index in [9.17, 15) is 4.79 Å². The molecule has 1 aliphatic heterocycles. The van der Waals surface area contributed by atoms with Gasteiger partial charge in [0, 0.05) is 24.9 Å². The molecule has 0 atom stereocenters. The molecule has 0 bridgehead atoms. The Balaban J connectivity index is 1.91. The van der Waals surface area contributed by atoms with E-state index in [-0.39, 0.29) is 11.3 Å². The molecule has 1 aromatic rings. The molecule has 1 aromatic carbocycles. The Morgan fingerprint density at radius 1 is 1.47 bits per heavy atom. The van der Waals surface area contributed by atoms with Crippen molar-refractivity contribution < 1.29 is 9.53 Å². The van der Waals surface area contributed by atoms with Crippen LogP contribution in [0.1, 0.15) is 30.4 Å². The smallest absolute Gasteiger partial charge is 0.223 e. The zero-order chi connectivity index (χ0) is 13.5. The van der Waals surface area contributed by atoms with Gasteiger partial charge in [0.25, 0.3) is 0 Å². The average molecular weight is 277 g/mol. The van der Waals surface area contributed by atoms with Crippen LogP contribution in [0.3, 0.4) is 0 Å². The van der Waals surface area contributed by atoms with Crippen molar-refractivity contribution in [2.75, 3.05) is 19.4 Å². The number of methoxy groups -OCH3 is 1. The fourth-order valence-corrected chi connectivity index (χ4v) is 3.23. The molecule has 0 radical (unpaired) electrons. The van der Waals surface area contributed by atoms with Crippen molar-refractivity contribution in [1.29, 1.82) is 0 Å². The Bertz CT molecular complexity index is 511. The van der Waals surface area contributed by atoms with Gasteiger partial charge in [-0.25, -0.2) is 0 Å². The highest BCUT2D eigenvalue weighted by Gasteiger charge is 2.49. The van der Waals surface area contributed by atoms with Crippen molar-refractivity contribution in [3.8, 4) is 5.75 Å². The van der Waals surface area contributed by atoms with Crippen molar-refractivity contribution in [1.82, 2.24) is 4.90 Å². The number of hydrogen-bond donors (Lipinski definition) is 1. The minimum Gasteiger partial charge on any atom is -0.497 e. The minimum absolute atomic E-state index is 0.203. The molecule has 3 nitrogen and oxygen atoms in total. The Morgan fingerprint density at radius 3 is 2.89 bits per heavy atom. The van der Waals surface area contributed by atoms with Gasteiger partial charge in [-0.3, -0.25) is 4.79 Å². The molecule has 4 heteroatoms. The maximum absolute atomic E-state index is 12.1. The number of ether oxygens (including phenoxy) is 1. The highest BCUT2D eigenvalue weighted by Crippen LogP contribution is 2.53. The number of nitrogens with zero attached hydrogens (tertiary/aromatic N) is 1. The summed E-state index contributed by atoms with van der Waals surface area (Å²) in [5.41, 5.74) is 2.87. The number of carbonyl (C=O) groups excluding carboxylic acids is 1. The second-order valence-electron chi connectivity index (χ2n) is 5.53. The van der Waals surface area contributed by atoms with Crippen molar-refractivity contribution in [3.05, 3.63) is 29.3 Å². The minimum atomic E-state index is 0.203. The molecule has 1 heterocycles. The van der Waals surface area contributed by atoms with Gasteiger partial charge in [-0.05, 0) is 41.9 Å². The Kier molecular flexibility index (Phi) is 3.21. The van der Waals surface area contributed by atoms with Crippen molar-refractivity contribution in [3.63, 3.8) is 0 Å². The Hall–Kier alpha value is -1.16. The first-order chi connectivity index (χ1) is 9.18. The standard InChI is InChI=1S/C15H19NO2S/c1-18-12-3-2-11-9-16(14(17)4-7-19)10-15(5-6-15)13(11)8-12/h2-3,8,19H,4-7,9-10H2,1H3. The largest absolute Gasteiger partial charge is 0.497 e. The highest BCUT2D eigenvalue weighted by atomic mass is 32.1. The molecular formula is C15H19NO2S. The van der Waals surface area contributed by atoms with Crippen molar-refractivity contribution in [2.45, 2.75) is 31.2 Å². The predicted octanol–water partition coefficient (Wildman–Crippen LogP) is 2.39. The van der Waals surface area contributed by atoms with E-state index in [0.717, 1.165) is 18.8 Å². The molecule has 1 amide bonds. The quantitative estimate of drug-likeness (QED) is 0.860. The van der Waals surface area contributed by atoms with E-state index in [1.165, 1.54) is 24.0 Å². The SMILES string of the molecule is COc1ccc2c(c1)C1(CC1)CN(C(=O)CCS)C2. The van der Waals surface area contributed by atoms with E-state index >= 15 is 0 Å². The van der Waals surface area contributed by atoms with E-state index in [4.69, 9.17) is 4.74 Å². The molecule has 1 fully saturated rings. The molecule has 0 saturated heterocycles. The predicted molar refractivity (Wildman–Crippen MR) is 77.8 cm³/mol. The third-order valence-electron chi connectivity index (χ3n) is 4.28. The van der Waals surface area contributed by atoms with Gasteiger partial charge in [0.1, 0.15) is 5.75 Å². The molecule has 1 saturated carbocycles. The normalized spacial score (nSPS) is 19.2. The van der Waals surface area contributed by atoms with Gasteiger partial charge in [-0.15, -0.1) is 0 Å². The van der Waals surface area contributed by atoms with Crippen LogP contribution >= 0.6 is 12.6 Å². The van der Waals surface area contributed by atoms with Gasteiger partial charge in [-0.1, -0.05) is 6.07 Å². The van der Waals surface area contributed by atoms with Gasteiger partial charge in [0.2, 0.25) is 5.91 Å². The van der Waals surface area contributed by atoms with E-state index in [0.29, 0.717) is 12.2 Å². The molecular weight excluding hydrogens is 258 g/mol. The molecule has 1 aliphatic carbocycles. The van der Waals surface area contributed by atoms with Crippen LogP contribution in [0.4, 0.5) is 0 Å². The summed E-state index contributed by atoms with van der Waals surface area (Å²) in [4.78, 5) is 14.1. The topological polar surface area (TPSA) is 29.5 Å². The summed E-state index contributed by atoms with van der Waals surface area (Å²) in [5.74, 6) is 1.76. The zero-order valence-electron chi connectivity index (χ0n) is 11.2. The number of hydrogen-bond acceptors (Lipinski definition) is 3. The van der Waals surface area contributed by atoms with Gasteiger partial charge in [0.05, 0.1) is 7.11 Å². The molecule has 102 valence electrons. The number of rotatable bonds is 3. The van der Waals surface area contributed by atoms with Gasteiger partial charge in [0.15, 0.2) is 0 Å². The summed E-state index contributed by atoms with van der Waals surface area (Å²) in [6, 6.07) is 6.25. The van der Waals surface area contributed by atoms with Gasteiger partial charge in [-0.2, -0.15) is 12.6 Å². The van der Waals surface area contributed by atoms with Crippen LogP contribution in [0, 0.1) is 0 Å².